The molecule has 0 aliphatic carbocycles. The quantitative estimate of drug-likeness (QED) is 0.581. The monoisotopic (exact) mass is 363 g/mol. The van der Waals surface area contributed by atoms with E-state index in [9.17, 15) is 9.50 Å². The molecule has 0 saturated carbocycles. The summed E-state index contributed by atoms with van der Waals surface area (Å²) in [5.41, 5.74) is 9.27. The molecule has 1 unspecified atom stereocenters. The van der Waals surface area contributed by atoms with Crippen molar-refractivity contribution in [1.82, 2.24) is 19.7 Å². The van der Waals surface area contributed by atoms with E-state index in [4.69, 9.17) is 5.73 Å². The van der Waals surface area contributed by atoms with Crippen molar-refractivity contribution in [1.29, 1.82) is 0 Å². The molecule has 0 spiro atoms. The minimum absolute atomic E-state index is 0.0152. The molecule has 7 heteroatoms. The molecule has 136 valence electrons. The van der Waals surface area contributed by atoms with Gasteiger partial charge in [0.15, 0.2) is 5.82 Å². The molecule has 4 aromatic rings. The molecule has 1 atom stereocenters. The Morgan fingerprint density at radius 2 is 2.00 bits per heavy atom. The number of rotatable bonds is 4. The van der Waals surface area contributed by atoms with Gasteiger partial charge in [-0.15, -0.1) is 0 Å². The Labute approximate surface area is 155 Å². The summed E-state index contributed by atoms with van der Waals surface area (Å²) in [5, 5.41) is 14.5. The number of fused-ring (bicyclic) bond motifs is 1. The van der Waals surface area contributed by atoms with Gasteiger partial charge in [-0.3, -0.25) is 4.98 Å². The smallest absolute Gasteiger partial charge is 0.154 e. The van der Waals surface area contributed by atoms with E-state index < -0.39 is 12.4 Å². The number of benzene rings is 1. The van der Waals surface area contributed by atoms with Crippen LogP contribution >= 0.6 is 0 Å². The molecule has 3 aromatic heterocycles. The van der Waals surface area contributed by atoms with E-state index in [1.807, 2.05) is 43.3 Å². The van der Waals surface area contributed by atoms with Crippen LogP contribution in [-0.2, 0) is 6.61 Å². The van der Waals surface area contributed by atoms with Crippen LogP contribution in [0.4, 0.5) is 4.39 Å². The highest BCUT2D eigenvalue weighted by Crippen LogP contribution is 2.25. The average molecular weight is 363 g/mol. The molecule has 3 heterocycles. The lowest BCUT2D eigenvalue weighted by Gasteiger charge is -2.09. The minimum Gasteiger partial charge on any atom is -0.390 e. The lowest BCUT2D eigenvalue weighted by molar-refractivity contribution is 0.270. The maximum Gasteiger partial charge on any atom is 0.154 e. The summed E-state index contributed by atoms with van der Waals surface area (Å²) in [6, 6.07) is 14.3. The van der Waals surface area contributed by atoms with Gasteiger partial charge in [0.1, 0.15) is 11.5 Å². The Morgan fingerprint density at radius 3 is 2.78 bits per heavy atom. The SMILES string of the molecule is CC(N)c1cccc(-c2ccc3cnn(-c4ccc(F)c(CO)n4)c3c2)n1. The molecule has 0 aliphatic rings. The van der Waals surface area contributed by atoms with E-state index in [1.54, 1.807) is 10.9 Å². The van der Waals surface area contributed by atoms with Gasteiger partial charge in [0.05, 0.1) is 29.7 Å². The van der Waals surface area contributed by atoms with E-state index in [-0.39, 0.29) is 11.7 Å². The largest absolute Gasteiger partial charge is 0.390 e. The molecule has 0 amide bonds. The number of aliphatic hydroxyl groups excluding tert-OH is 1. The normalized spacial score (nSPS) is 12.4. The summed E-state index contributed by atoms with van der Waals surface area (Å²) in [6.07, 6.45) is 1.72. The standard InChI is InChI=1S/C20H18FN5O/c1-12(22)16-3-2-4-17(24-16)13-5-6-14-10-23-26(19(14)9-13)20-8-7-15(21)18(11-27)25-20/h2-10,12,27H,11,22H2,1H3. The topological polar surface area (TPSA) is 89.8 Å². The first-order chi connectivity index (χ1) is 13.1. The second kappa shape index (κ2) is 6.86. The zero-order valence-electron chi connectivity index (χ0n) is 14.7. The van der Waals surface area contributed by atoms with Crippen LogP contribution in [0.1, 0.15) is 24.4 Å². The molecule has 0 radical (unpaired) electrons. The van der Waals surface area contributed by atoms with Crippen LogP contribution in [0.3, 0.4) is 0 Å². The van der Waals surface area contributed by atoms with Crippen LogP contribution in [0.15, 0.2) is 54.7 Å². The van der Waals surface area contributed by atoms with E-state index in [1.165, 1.54) is 12.1 Å². The lowest BCUT2D eigenvalue weighted by atomic mass is 10.1. The highest BCUT2D eigenvalue weighted by Gasteiger charge is 2.12. The third kappa shape index (κ3) is 3.18. The van der Waals surface area contributed by atoms with Crippen molar-refractivity contribution < 1.29 is 9.50 Å². The van der Waals surface area contributed by atoms with Gasteiger partial charge in [0, 0.05) is 17.0 Å². The first-order valence-corrected chi connectivity index (χ1v) is 8.54. The summed E-state index contributed by atoms with van der Waals surface area (Å²) in [4.78, 5) is 8.79. The van der Waals surface area contributed by atoms with Gasteiger partial charge in [0.2, 0.25) is 0 Å². The van der Waals surface area contributed by atoms with Crippen molar-refractivity contribution in [2.75, 3.05) is 0 Å². The van der Waals surface area contributed by atoms with Crippen molar-refractivity contribution in [3.63, 3.8) is 0 Å². The van der Waals surface area contributed by atoms with E-state index in [0.717, 1.165) is 27.9 Å². The molecular weight excluding hydrogens is 345 g/mol. The van der Waals surface area contributed by atoms with Gasteiger partial charge in [-0.05, 0) is 37.3 Å². The maximum atomic E-state index is 13.6. The summed E-state index contributed by atoms with van der Waals surface area (Å²) in [7, 11) is 0. The first-order valence-electron chi connectivity index (χ1n) is 8.54. The second-order valence-electron chi connectivity index (χ2n) is 6.32. The first kappa shape index (κ1) is 17.3. The Kier molecular flexibility index (Phi) is 4.39. The zero-order chi connectivity index (χ0) is 19.0. The van der Waals surface area contributed by atoms with Crippen molar-refractivity contribution in [3.05, 3.63) is 71.9 Å². The minimum atomic E-state index is -0.546. The van der Waals surface area contributed by atoms with Crippen LogP contribution in [0.25, 0.3) is 28.0 Å². The van der Waals surface area contributed by atoms with Gasteiger partial charge < -0.3 is 10.8 Å². The van der Waals surface area contributed by atoms with Crippen LogP contribution in [-0.4, -0.2) is 24.9 Å². The molecule has 6 nitrogen and oxygen atoms in total. The fourth-order valence-corrected chi connectivity index (χ4v) is 2.93. The molecule has 0 fully saturated rings. The molecule has 3 N–H and O–H groups in total. The average Bonchev–Trinajstić information content (AvgIpc) is 3.11. The fourth-order valence-electron chi connectivity index (χ4n) is 2.93. The number of aromatic nitrogens is 4. The van der Waals surface area contributed by atoms with Crippen LogP contribution in [0, 0.1) is 5.82 Å². The number of halogens is 1. The van der Waals surface area contributed by atoms with Crippen LogP contribution in [0.2, 0.25) is 0 Å². The van der Waals surface area contributed by atoms with Crippen molar-refractivity contribution in [2.24, 2.45) is 5.73 Å². The van der Waals surface area contributed by atoms with E-state index in [0.29, 0.717) is 5.82 Å². The Bertz CT molecular complexity index is 1120. The molecule has 0 bridgehead atoms. The third-order valence-electron chi connectivity index (χ3n) is 4.37. The highest BCUT2D eigenvalue weighted by molar-refractivity contribution is 5.84. The van der Waals surface area contributed by atoms with E-state index >= 15 is 0 Å². The number of aliphatic hydroxyl groups is 1. The number of pyridine rings is 2. The predicted octanol–water partition coefficient (Wildman–Crippen LogP) is 3.13. The molecule has 27 heavy (non-hydrogen) atoms. The Morgan fingerprint density at radius 1 is 1.15 bits per heavy atom. The number of hydrogen-bond acceptors (Lipinski definition) is 5. The zero-order valence-corrected chi connectivity index (χ0v) is 14.7. The number of nitrogens with two attached hydrogens (primary N) is 1. The van der Waals surface area contributed by atoms with Crippen LogP contribution < -0.4 is 5.73 Å². The highest BCUT2D eigenvalue weighted by atomic mass is 19.1. The second-order valence-corrected chi connectivity index (χ2v) is 6.32. The summed E-state index contributed by atoms with van der Waals surface area (Å²) >= 11 is 0. The Hall–Kier alpha value is -3.16. The van der Waals surface area contributed by atoms with Gasteiger partial charge in [0.25, 0.3) is 0 Å². The van der Waals surface area contributed by atoms with Crippen LogP contribution in [0.5, 0.6) is 0 Å². The number of hydrogen-bond donors (Lipinski definition) is 2. The van der Waals surface area contributed by atoms with E-state index in [2.05, 4.69) is 15.1 Å². The lowest BCUT2D eigenvalue weighted by Crippen LogP contribution is -2.07. The molecular formula is C20H18FN5O. The van der Waals surface area contributed by atoms with Gasteiger partial charge in [-0.25, -0.2) is 14.1 Å². The van der Waals surface area contributed by atoms with Crippen molar-refractivity contribution in [2.45, 2.75) is 19.6 Å². The molecule has 4 rings (SSSR count). The van der Waals surface area contributed by atoms with Gasteiger partial charge >= 0.3 is 0 Å². The molecule has 0 saturated heterocycles. The predicted molar refractivity (Wildman–Crippen MR) is 101 cm³/mol. The van der Waals surface area contributed by atoms with Crippen molar-refractivity contribution >= 4 is 10.9 Å². The van der Waals surface area contributed by atoms with Gasteiger partial charge in [-0.1, -0.05) is 18.2 Å². The summed E-state index contributed by atoms with van der Waals surface area (Å²) < 4.78 is 15.3. The Balaban J connectivity index is 1.83. The molecule has 0 aliphatic heterocycles. The molecule has 1 aromatic carbocycles. The summed E-state index contributed by atoms with van der Waals surface area (Å²) in [5.74, 6) is -0.111. The van der Waals surface area contributed by atoms with Gasteiger partial charge in [-0.2, -0.15) is 5.10 Å². The third-order valence-corrected chi connectivity index (χ3v) is 4.37. The fraction of sp³-hybridized carbons (Fsp3) is 0.150. The number of nitrogens with zero attached hydrogens (tertiary/aromatic N) is 4. The maximum absolute atomic E-state index is 13.6. The van der Waals surface area contributed by atoms with Crippen molar-refractivity contribution in [3.8, 4) is 17.1 Å². The summed E-state index contributed by atoms with van der Waals surface area (Å²) in [6.45, 7) is 1.42.